The summed E-state index contributed by atoms with van der Waals surface area (Å²) < 4.78 is 8.92. The molecule has 0 radical (unpaired) electrons. The number of rotatable bonds is 6. The first-order valence-electron chi connectivity index (χ1n) is 7.10. The Balaban J connectivity index is 2.99. The van der Waals surface area contributed by atoms with Crippen LogP contribution >= 0.6 is 67.8 Å². The van der Waals surface area contributed by atoms with Crippen molar-refractivity contribution in [3.63, 3.8) is 0 Å². The molecule has 0 aliphatic heterocycles. The summed E-state index contributed by atoms with van der Waals surface area (Å²) in [7, 11) is 2.08. The summed E-state index contributed by atoms with van der Waals surface area (Å²) in [6.07, 6.45) is 2.89. The number of carbonyl (C=O) groups excluding carboxylic acids is 1. The SMILES string of the molecule is CN(C)C=Nc1c(I)cc(I)c(CCC(=O)O[Si](C)(C)C)c1I. The molecule has 0 saturated heterocycles. The molecular formula is C15H21I3N2O2Si. The summed E-state index contributed by atoms with van der Waals surface area (Å²) in [4.78, 5) is 18.5. The molecule has 1 rings (SSSR count). The highest BCUT2D eigenvalue weighted by Crippen LogP contribution is 2.34. The van der Waals surface area contributed by atoms with E-state index in [4.69, 9.17) is 4.43 Å². The Labute approximate surface area is 180 Å². The Hall–Kier alpha value is 0.567. The molecule has 0 aliphatic carbocycles. The van der Waals surface area contributed by atoms with Gasteiger partial charge in [0.15, 0.2) is 0 Å². The summed E-state index contributed by atoms with van der Waals surface area (Å²) in [5, 5.41) is 0. The van der Waals surface area contributed by atoms with E-state index in [1.165, 1.54) is 9.13 Å². The number of hydrogen-bond donors (Lipinski definition) is 0. The molecule has 1 aromatic rings. The summed E-state index contributed by atoms with van der Waals surface area (Å²) >= 11 is 6.97. The molecule has 4 nitrogen and oxygen atoms in total. The summed E-state index contributed by atoms with van der Waals surface area (Å²) in [6.45, 7) is 6.08. The predicted molar refractivity (Wildman–Crippen MR) is 124 cm³/mol. The van der Waals surface area contributed by atoms with E-state index in [9.17, 15) is 4.79 Å². The molecule has 0 unspecified atom stereocenters. The third-order valence-corrected chi connectivity index (χ3v) is 6.44. The predicted octanol–water partition coefficient (Wildman–Crippen LogP) is 5.03. The topological polar surface area (TPSA) is 41.9 Å². The number of hydrogen-bond acceptors (Lipinski definition) is 3. The molecule has 0 fully saturated rings. The second-order valence-electron chi connectivity index (χ2n) is 6.28. The Morgan fingerprint density at radius 3 is 2.39 bits per heavy atom. The fourth-order valence-electron chi connectivity index (χ4n) is 1.76. The molecule has 0 amide bonds. The molecule has 0 aromatic heterocycles. The highest BCUT2D eigenvalue weighted by Gasteiger charge is 2.21. The third-order valence-electron chi connectivity index (χ3n) is 2.66. The van der Waals surface area contributed by atoms with E-state index in [1.807, 2.05) is 38.6 Å². The maximum absolute atomic E-state index is 12.0. The molecule has 1 aromatic carbocycles. The lowest BCUT2D eigenvalue weighted by Gasteiger charge is -2.18. The third kappa shape index (κ3) is 7.55. The Morgan fingerprint density at radius 1 is 1.26 bits per heavy atom. The zero-order chi connectivity index (χ0) is 17.8. The van der Waals surface area contributed by atoms with Gasteiger partial charge in [0.2, 0.25) is 8.32 Å². The molecule has 8 heteroatoms. The van der Waals surface area contributed by atoms with Crippen LogP contribution in [0, 0.1) is 10.7 Å². The van der Waals surface area contributed by atoms with Gasteiger partial charge in [0.1, 0.15) is 0 Å². The van der Waals surface area contributed by atoms with Gasteiger partial charge in [-0.05, 0) is 105 Å². The van der Waals surface area contributed by atoms with Gasteiger partial charge in [-0.15, -0.1) is 0 Å². The van der Waals surface area contributed by atoms with Crippen molar-refractivity contribution in [3.05, 3.63) is 22.3 Å². The maximum atomic E-state index is 12.0. The van der Waals surface area contributed by atoms with Crippen LogP contribution in [-0.4, -0.2) is 39.6 Å². The molecule has 128 valence electrons. The van der Waals surface area contributed by atoms with Gasteiger partial charge >= 0.3 is 0 Å². The highest BCUT2D eigenvalue weighted by atomic mass is 127. The van der Waals surface area contributed by atoms with Gasteiger partial charge in [-0.3, -0.25) is 4.79 Å². The van der Waals surface area contributed by atoms with Crippen molar-refractivity contribution in [1.29, 1.82) is 0 Å². The molecule has 0 spiro atoms. The van der Waals surface area contributed by atoms with Crippen LogP contribution in [-0.2, 0) is 15.6 Å². The first-order chi connectivity index (χ1) is 10.5. The number of benzene rings is 1. The standard InChI is InChI=1S/C15H21I3N2O2Si/c1-20(2)9-19-15-12(17)8-11(16)10(14(15)18)6-7-13(21)22-23(3,4)5/h8-9H,6-7H2,1-5H3. The molecule has 0 heterocycles. The van der Waals surface area contributed by atoms with Crippen LogP contribution in [0.2, 0.25) is 19.6 Å². The van der Waals surface area contributed by atoms with Crippen LogP contribution in [0.25, 0.3) is 0 Å². The van der Waals surface area contributed by atoms with Gasteiger partial charge in [-0.1, -0.05) is 0 Å². The fraction of sp³-hybridized carbons (Fsp3) is 0.467. The van der Waals surface area contributed by atoms with Crippen LogP contribution in [0.3, 0.4) is 0 Å². The lowest BCUT2D eigenvalue weighted by Crippen LogP contribution is -2.29. The van der Waals surface area contributed by atoms with Crippen molar-refractivity contribution in [2.75, 3.05) is 14.1 Å². The average molecular weight is 670 g/mol. The van der Waals surface area contributed by atoms with E-state index >= 15 is 0 Å². The minimum absolute atomic E-state index is 0.104. The average Bonchev–Trinajstić information content (AvgIpc) is 2.35. The van der Waals surface area contributed by atoms with Crippen molar-refractivity contribution < 1.29 is 9.22 Å². The van der Waals surface area contributed by atoms with Gasteiger partial charge in [-0.2, -0.15) is 0 Å². The maximum Gasteiger partial charge on any atom is 0.292 e. The molecule has 0 bridgehead atoms. The number of nitrogens with zero attached hydrogens (tertiary/aromatic N) is 2. The zero-order valence-corrected chi connectivity index (χ0v) is 21.4. The van der Waals surface area contributed by atoms with Crippen LogP contribution in [0.4, 0.5) is 5.69 Å². The molecule has 0 atom stereocenters. The zero-order valence-electron chi connectivity index (χ0n) is 13.9. The normalized spacial score (nSPS) is 11.8. The number of aliphatic imine (C=N–C) groups is 1. The molecular weight excluding hydrogens is 649 g/mol. The van der Waals surface area contributed by atoms with Crippen LogP contribution < -0.4 is 0 Å². The minimum atomic E-state index is -1.81. The Morgan fingerprint density at radius 2 is 1.87 bits per heavy atom. The number of carbonyl (C=O) groups is 1. The van der Waals surface area contributed by atoms with E-state index in [0.717, 1.165) is 12.8 Å². The summed E-state index contributed by atoms with van der Waals surface area (Å²) in [6, 6.07) is 2.12. The van der Waals surface area contributed by atoms with Crippen molar-refractivity contribution in [1.82, 2.24) is 4.90 Å². The fourth-order valence-corrected chi connectivity index (χ4v) is 6.73. The monoisotopic (exact) mass is 670 g/mol. The van der Waals surface area contributed by atoms with Gasteiger partial charge in [0.25, 0.3) is 5.97 Å². The second-order valence-corrected chi connectivity index (χ2v) is 14.1. The molecule has 0 N–H and O–H groups in total. The second kappa shape index (κ2) is 9.32. The summed E-state index contributed by atoms with van der Waals surface area (Å²) in [5.74, 6) is -0.104. The van der Waals surface area contributed by atoms with Crippen molar-refractivity contribution in [2.45, 2.75) is 32.5 Å². The molecule has 0 saturated carbocycles. The smallest absolute Gasteiger partial charge is 0.292 e. The molecule has 0 aliphatic rings. The first kappa shape index (κ1) is 21.6. The minimum Gasteiger partial charge on any atom is -0.520 e. The Bertz CT molecular complexity index is 614. The Kier molecular flexibility index (Phi) is 8.75. The van der Waals surface area contributed by atoms with E-state index in [1.54, 1.807) is 6.34 Å². The lowest BCUT2D eigenvalue weighted by molar-refractivity contribution is -0.135. The van der Waals surface area contributed by atoms with E-state index in [0.29, 0.717) is 12.8 Å². The van der Waals surface area contributed by atoms with Gasteiger partial charge in [-0.25, -0.2) is 4.99 Å². The van der Waals surface area contributed by atoms with Gasteiger partial charge < -0.3 is 9.33 Å². The summed E-state index contributed by atoms with van der Waals surface area (Å²) in [5.41, 5.74) is 2.14. The van der Waals surface area contributed by atoms with E-state index in [2.05, 4.69) is 78.8 Å². The van der Waals surface area contributed by atoms with Gasteiger partial charge in [0.05, 0.1) is 12.0 Å². The van der Waals surface area contributed by atoms with Crippen LogP contribution in [0.1, 0.15) is 12.0 Å². The molecule has 23 heavy (non-hydrogen) atoms. The van der Waals surface area contributed by atoms with Crippen molar-refractivity contribution in [2.24, 2.45) is 4.99 Å². The van der Waals surface area contributed by atoms with E-state index < -0.39 is 8.32 Å². The van der Waals surface area contributed by atoms with Crippen LogP contribution in [0.5, 0.6) is 0 Å². The quantitative estimate of drug-likeness (QED) is 0.185. The lowest BCUT2D eigenvalue weighted by atomic mass is 10.1. The number of halogens is 3. The van der Waals surface area contributed by atoms with E-state index in [-0.39, 0.29) is 5.97 Å². The van der Waals surface area contributed by atoms with Gasteiger partial charge in [0, 0.05) is 31.2 Å². The highest BCUT2D eigenvalue weighted by molar-refractivity contribution is 14.1. The largest absolute Gasteiger partial charge is 0.520 e. The first-order valence-corrected chi connectivity index (χ1v) is 13.7. The van der Waals surface area contributed by atoms with Crippen LogP contribution in [0.15, 0.2) is 11.1 Å². The van der Waals surface area contributed by atoms with Crippen molar-refractivity contribution >= 4 is 94.1 Å². The van der Waals surface area contributed by atoms with Crippen molar-refractivity contribution in [3.8, 4) is 0 Å².